The van der Waals surface area contributed by atoms with Crippen LogP contribution < -0.4 is 15.0 Å². The van der Waals surface area contributed by atoms with E-state index in [2.05, 4.69) is 5.32 Å². The number of hydrogen-bond acceptors (Lipinski definition) is 5. The largest absolute Gasteiger partial charge is 0.497 e. The fourth-order valence-corrected chi connectivity index (χ4v) is 4.24. The number of carbonyl (C=O) groups excluding carboxylic acids is 2. The highest BCUT2D eigenvalue weighted by Gasteiger charge is 2.40. The number of nitrogens with one attached hydrogen (secondary N) is 1. The average Bonchev–Trinajstić information content (AvgIpc) is 3.01. The molecule has 1 aliphatic rings. The van der Waals surface area contributed by atoms with Gasteiger partial charge in [0.05, 0.1) is 12.8 Å². The molecule has 0 fully saturated rings. The van der Waals surface area contributed by atoms with E-state index in [1.54, 1.807) is 31.4 Å². The molecule has 4 rings (SSSR count). The number of carbonyl (C=O) groups is 2. The van der Waals surface area contributed by atoms with Crippen LogP contribution >= 0.6 is 11.8 Å². The lowest BCUT2D eigenvalue weighted by Gasteiger charge is -2.16. The Morgan fingerprint density at radius 3 is 2.26 bits per heavy atom. The monoisotopic (exact) mass is 430 g/mol. The van der Waals surface area contributed by atoms with E-state index in [9.17, 15) is 9.59 Å². The maximum atomic E-state index is 13.4. The number of hydrogen-bond donors (Lipinski definition) is 1. The summed E-state index contributed by atoms with van der Waals surface area (Å²) in [5, 5.41) is 3.24. The van der Waals surface area contributed by atoms with Crippen LogP contribution in [0.25, 0.3) is 0 Å². The van der Waals surface area contributed by atoms with Gasteiger partial charge in [0.25, 0.3) is 11.8 Å². The van der Waals surface area contributed by atoms with E-state index in [1.165, 1.54) is 16.7 Å². The topological polar surface area (TPSA) is 58.6 Å². The maximum Gasteiger partial charge on any atom is 0.283 e. The molecule has 0 spiro atoms. The van der Waals surface area contributed by atoms with Gasteiger partial charge in [0.15, 0.2) is 0 Å². The number of benzene rings is 3. The summed E-state index contributed by atoms with van der Waals surface area (Å²) in [7, 11) is 1.57. The second-order valence-corrected chi connectivity index (χ2v) is 8.29. The van der Waals surface area contributed by atoms with E-state index in [-0.39, 0.29) is 17.5 Å². The van der Waals surface area contributed by atoms with Gasteiger partial charge in [-0.2, -0.15) is 0 Å². The maximum absolute atomic E-state index is 13.4. The first kappa shape index (κ1) is 20.8. The van der Waals surface area contributed by atoms with Crippen LogP contribution in [0.15, 0.2) is 88.3 Å². The summed E-state index contributed by atoms with van der Waals surface area (Å²) in [6.07, 6.45) is 0. The molecule has 0 aromatic heterocycles. The average molecular weight is 431 g/mol. The summed E-state index contributed by atoms with van der Waals surface area (Å²) in [6.45, 7) is 3.96. The number of ether oxygens (including phenoxy) is 1. The lowest BCUT2D eigenvalue weighted by molar-refractivity contribution is -0.120. The number of amides is 2. The SMILES string of the molecule is COc1ccc(N2C(=O)C(Nc3cc(C)ccc3C)=C(Sc3ccccc3)C2=O)cc1. The lowest BCUT2D eigenvalue weighted by atomic mass is 10.1. The highest BCUT2D eigenvalue weighted by atomic mass is 32.2. The number of rotatable bonds is 6. The number of nitrogens with zero attached hydrogens (tertiary/aromatic N) is 1. The third-order valence-corrected chi connectivity index (χ3v) is 6.08. The minimum atomic E-state index is -0.380. The minimum absolute atomic E-state index is 0.281. The molecule has 5 nitrogen and oxygen atoms in total. The van der Waals surface area contributed by atoms with Crippen LogP contribution in [0.3, 0.4) is 0 Å². The molecular weight excluding hydrogens is 408 g/mol. The van der Waals surface area contributed by atoms with Crippen LogP contribution in [0.1, 0.15) is 11.1 Å². The summed E-state index contributed by atoms with van der Waals surface area (Å²) >= 11 is 1.29. The van der Waals surface area contributed by atoms with Crippen LogP contribution in [0, 0.1) is 13.8 Å². The highest BCUT2D eigenvalue weighted by molar-refractivity contribution is 8.04. The Kier molecular flexibility index (Phi) is 5.82. The Morgan fingerprint density at radius 2 is 1.58 bits per heavy atom. The molecule has 0 saturated heterocycles. The van der Waals surface area contributed by atoms with Gasteiger partial charge >= 0.3 is 0 Å². The number of aryl methyl sites for hydroxylation is 2. The highest BCUT2D eigenvalue weighted by Crippen LogP contribution is 2.38. The summed E-state index contributed by atoms with van der Waals surface area (Å²) in [5.74, 6) is -0.0743. The van der Waals surface area contributed by atoms with Crippen LogP contribution in [-0.4, -0.2) is 18.9 Å². The van der Waals surface area contributed by atoms with Crippen molar-refractivity contribution in [2.24, 2.45) is 0 Å². The van der Waals surface area contributed by atoms with Gasteiger partial charge in [-0.15, -0.1) is 0 Å². The van der Waals surface area contributed by atoms with Gasteiger partial charge in [0.2, 0.25) is 0 Å². The Balaban J connectivity index is 1.75. The second kappa shape index (κ2) is 8.70. The number of methoxy groups -OCH3 is 1. The van der Waals surface area contributed by atoms with E-state index in [0.717, 1.165) is 21.7 Å². The predicted octanol–water partition coefficient (Wildman–Crippen LogP) is 5.30. The minimum Gasteiger partial charge on any atom is -0.497 e. The van der Waals surface area contributed by atoms with Crippen molar-refractivity contribution in [2.45, 2.75) is 18.7 Å². The Hall–Kier alpha value is -3.51. The van der Waals surface area contributed by atoms with Gasteiger partial charge in [-0.1, -0.05) is 42.1 Å². The van der Waals surface area contributed by atoms with Crippen molar-refractivity contribution in [1.29, 1.82) is 0 Å². The smallest absolute Gasteiger partial charge is 0.283 e. The molecule has 0 saturated carbocycles. The molecule has 156 valence electrons. The van der Waals surface area contributed by atoms with Gasteiger partial charge < -0.3 is 10.1 Å². The molecule has 31 heavy (non-hydrogen) atoms. The van der Waals surface area contributed by atoms with Crippen LogP contribution in [0.4, 0.5) is 11.4 Å². The fraction of sp³-hybridized carbons (Fsp3) is 0.120. The van der Waals surface area contributed by atoms with Gasteiger partial charge in [-0.3, -0.25) is 9.59 Å². The molecule has 0 bridgehead atoms. The molecular formula is C25H22N2O3S. The van der Waals surface area contributed by atoms with E-state index >= 15 is 0 Å². The first-order chi connectivity index (χ1) is 15.0. The zero-order valence-corrected chi connectivity index (χ0v) is 18.3. The van der Waals surface area contributed by atoms with Crippen molar-refractivity contribution >= 4 is 35.0 Å². The summed E-state index contributed by atoms with van der Waals surface area (Å²) in [5.41, 5.74) is 3.64. The van der Waals surface area contributed by atoms with Gasteiger partial charge in [-0.05, 0) is 67.4 Å². The van der Waals surface area contributed by atoms with E-state index in [1.807, 2.05) is 62.4 Å². The Bertz CT molecular complexity index is 1170. The molecule has 0 aliphatic carbocycles. The van der Waals surface area contributed by atoms with Crippen molar-refractivity contribution in [1.82, 2.24) is 0 Å². The van der Waals surface area contributed by atoms with E-state index < -0.39 is 0 Å². The van der Waals surface area contributed by atoms with Gasteiger partial charge in [0, 0.05) is 10.6 Å². The molecule has 3 aromatic carbocycles. The zero-order valence-electron chi connectivity index (χ0n) is 17.5. The van der Waals surface area contributed by atoms with E-state index in [0.29, 0.717) is 16.3 Å². The predicted molar refractivity (Wildman–Crippen MR) is 124 cm³/mol. The molecule has 0 atom stereocenters. The number of anilines is 2. The van der Waals surface area contributed by atoms with E-state index in [4.69, 9.17) is 4.74 Å². The van der Waals surface area contributed by atoms with Crippen molar-refractivity contribution in [3.63, 3.8) is 0 Å². The molecule has 2 amide bonds. The Morgan fingerprint density at radius 1 is 0.871 bits per heavy atom. The van der Waals surface area contributed by atoms with Crippen molar-refractivity contribution in [3.8, 4) is 5.75 Å². The fourth-order valence-electron chi connectivity index (χ4n) is 3.29. The third-order valence-electron chi connectivity index (χ3n) is 4.99. The van der Waals surface area contributed by atoms with Crippen LogP contribution in [0.2, 0.25) is 0 Å². The Labute approximate surface area is 185 Å². The van der Waals surface area contributed by atoms with Crippen molar-refractivity contribution in [2.75, 3.05) is 17.3 Å². The molecule has 1 N–H and O–H groups in total. The first-order valence-corrected chi connectivity index (χ1v) is 10.6. The quantitative estimate of drug-likeness (QED) is 0.538. The number of imide groups is 1. The second-order valence-electron chi connectivity index (χ2n) is 7.21. The normalized spacial score (nSPS) is 13.7. The third kappa shape index (κ3) is 4.20. The first-order valence-electron chi connectivity index (χ1n) is 9.82. The number of thioether (sulfide) groups is 1. The van der Waals surface area contributed by atoms with Crippen LogP contribution in [-0.2, 0) is 9.59 Å². The molecule has 0 radical (unpaired) electrons. The molecule has 1 aliphatic heterocycles. The van der Waals surface area contributed by atoms with Gasteiger partial charge in [-0.25, -0.2) is 4.90 Å². The zero-order chi connectivity index (χ0) is 22.0. The standard InChI is InChI=1S/C25H22N2O3S/c1-16-9-10-17(2)21(15-16)26-22-23(31-20-7-5-4-6-8-20)25(29)27(24(22)28)18-11-13-19(30-3)14-12-18/h4-15,26H,1-3H3. The summed E-state index contributed by atoms with van der Waals surface area (Å²) in [4.78, 5) is 29.3. The summed E-state index contributed by atoms with van der Waals surface area (Å²) in [6, 6.07) is 22.4. The lowest BCUT2D eigenvalue weighted by Crippen LogP contribution is -2.32. The van der Waals surface area contributed by atoms with Crippen LogP contribution in [0.5, 0.6) is 5.75 Å². The van der Waals surface area contributed by atoms with Crippen molar-refractivity contribution < 1.29 is 14.3 Å². The van der Waals surface area contributed by atoms with Crippen molar-refractivity contribution in [3.05, 3.63) is 94.5 Å². The molecule has 3 aromatic rings. The molecule has 1 heterocycles. The molecule has 0 unspecified atom stereocenters. The van der Waals surface area contributed by atoms with Gasteiger partial charge in [0.1, 0.15) is 16.4 Å². The molecule has 6 heteroatoms. The summed E-state index contributed by atoms with van der Waals surface area (Å²) < 4.78 is 5.19.